The molecule has 0 aromatic heterocycles. The molecule has 2 nitrogen and oxygen atoms in total. The Kier molecular flexibility index (Phi) is 4.37. The van der Waals surface area contributed by atoms with E-state index in [1.807, 2.05) is 30.3 Å². The molecule has 0 unspecified atom stereocenters. The number of carbonyl (C=O) groups excluding carboxylic acids is 1. The molecule has 0 fully saturated rings. The van der Waals surface area contributed by atoms with Crippen LogP contribution in [0.4, 0.5) is 0 Å². The molecule has 2 rings (SSSR count). The first-order valence-corrected chi connectivity index (χ1v) is 6.76. The molecule has 0 saturated carbocycles. The fourth-order valence-electron chi connectivity index (χ4n) is 1.99. The Balaban J connectivity index is 1.94. The number of hydrogen-bond acceptors (Lipinski definition) is 1. The maximum atomic E-state index is 12.0. The summed E-state index contributed by atoms with van der Waals surface area (Å²) in [7, 11) is 0. The molecule has 1 N–H and O–H groups in total. The fraction of sp³-hybridized carbons (Fsp3) is 0.357. The van der Waals surface area contributed by atoms with Gasteiger partial charge in [0.05, 0.1) is 0 Å². The molecule has 90 valence electrons. The molecule has 3 heteroatoms. The Morgan fingerprint density at radius 1 is 1.18 bits per heavy atom. The molecule has 0 radical (unpaired) electrons. The number of rotatable bonds is 3. The van der Waals surface area contributed by atoms with Crippen LogP contribution in [-0.2, 0) is 11.3 Å². The molecular weight excluding hydrogens is 278 g/mol. The van der Waals surface area contributed by atoms with E-state index in [-0.39, 0.29) is 5.91 Å². The molecule has 17 heavy (non-hydrogen) atoms. The van der Waals surface area contributed by atoms with Gasteiger partial charge in [0.15, 0.2) is 0 Å². The maximum absolute atomic E-state index is 12.0. The van der Waals surface area contributed by atoms with Crippen molar-refractivity contribution in [3.63, 3.8) is 0 Å². The molecular formula is C14H16BrNO. The summed E-state index contributed by atoms with van der Waals surface area (Å²) in [6.45, 7) is 0.601. The van der Waals surface area contributed by atoms with Crippen LogP contribution in [0.1, 0.15) is 31.2 Å². The summed E-state index contributed by atoms with van der Waals surface area (Å²) in [6, 6.07) is 9.98. The first-order valence-electron chi connectivity index (χ1n) is 5.97. The molecule has 1 amide bonds. The quantitative estimate of drug-likeness (QED) is 0.908. The van der Waals surface area contributed by atoms with E-state index < -0.39 is 0 Å². The van der Waals surface area contributed by atoms with E-state index in [0.29, 0.717) is 6.54 Å². The summed E-state index contributed by atoms with van der Waals surface area (Å²) in [5.74, 6) is 0.0698. The number of amides is 1. The maximum Gasteiger partial charge on any atom is 0.248 e. The monoisotopic (exact) mass is 293 g/mol. The lowest BCUT2D eigenvalue weighted by molar-refractivity contribution is -0.117. The van der Waals surface area contributed by atoms with Crippen molar-refractivity contribution in [2.45, 2.75) is 32.2 Å². The zero-order valence-corrected chi connectivity index (χ0v) is 11.3. The van der Waals surface area contributed by atoms with Crippen LogP contribution in [0.3, 0.4) is 0 Å². The first kappa shape index (κ1) is 12.4. The van der Waals surface area contributed by atoms with Crippen LogP contribution in [0.2, 0.25) is 0 Å². The smallest absolute Gasteiger partial charge is 0.248 e. The second-order valence-corrected chi connectivity index (χ2v) is 5.22. The standard InChI is InChI=1S/C14H16BrNO/c15-13-9-5-4-8-12(13)14(17)16-10-11-6-2-1-3-7-11/h1-3,6-7H,4-5,8-10H2,(H,16,17). The van der Waals surface area contributed by atoms with Crippen LogP contribution in [0.25, 0.3) is 0 Å². The summed E-state index contributed by atoms with van der Waals surface area (Å²) >= 11 is 3.50. The van der Waals surface area contributed by atoms with Gasteiger partial charge in [0, 0.05) is 16.6 Å². The van der Waals surface area contributed by atoms with E-state index in [1.165, 1.54) is 6.42 Å². The second-order valence-electron chi connectivity index (χ2n) is 4.26. The zero-order valence-electron chi connectivity index (χ0n) is 9.71. The van der Waals surface area contributed by atoms with Crippen LogP contribution in [0, 0.1) is 0 Å². The molecule has 0 heterocycles. The molecule has 1 aromatic carbocycles. The lowest BCUT2D eigenvalue weighted by Crippen LogP contribution is -2.25. The third-order valence-electron chi connectivity index (χ3n) is 2.97. The number of halogens is 1. The average Bonchev–Trinajstić information content (AvgIpc) is 2.38. The molecule has 1 aromatic rings. The molecule has 0 spiro atoms. The van der Waals surface area contributed by atoms with Crippen molar-refractivity contribution in [2.75, 3.05) is 0 Å². The van der Waals surface area contributed by atoms with Gasteiger partial charge in [-0.3, -0.25) is 4.79 Å². The lowest BCUT2D eigenvalue weighted by Gasteiger charge is -2.16. The van der Waals surface area contributed by atoms with E-state index in [0.717, 1.165) is 34.9 Å². The van der Waals surface area contributed by atoms with Gasteiger partial charge < -0.3 is 5.32 Å². The highest BCUT2D eigenvalue weighted by atomic mass is 79.9. The number of benzene rings is 1. The zero-order chi connectivity index (χ0) is 12.1. The van der Waals surface area contributed by atoms with Crippen molar-refractivity contribution in [1.82, 2.24) is 5.32 Å². The van der Waals surface area contributed by atoms with Gasteiger partial charge in [-0.15, -0.1) is 0 Å². The number of nitrogens with one attached hydrogen (secondary N) is 1. The predicted octanol–water partition coefficient (Wildman–Crippen LogP) is 3.53. The third-order valence-corrected chi connectivity index (χ3v) is 3.85. The van der Waals surface area contributed by atoms with E-state index in [4.69, 9.17) is 0 Å². The second kappa shape index (κ2) is 6.01. The topological polar surface area (TPSA) is 29.1 Å². The summed E-state index contributed by atoms with van der Waals surface area (Å²) in [6.07, 6.45) is 4.18. The van der Waals surface area contributed by atoms with Gasteiger partial charge in [0.25, 0.3) is 0 Å². The van der Waals surface area contributed by atoms with E-state index in [9.17, 15) is 4.79 Å². The van der Waals surface area contributed by atoms with E-state index in [2.05, 4.69) is 21.2 Å². The molecule has 0 atom stereocenters. The van der Waals surface area contributed by atoms with Gasteiger partial charge in [-0.2, -0.15) is 0 Å². The van der Waals surface area contributed by atoms with Crippen LogP contribution < -0.4 is 5.32 Å². The summed E-state index contributed by atoms with van der Waals surface area (Å²) in [4.78, 5) is 12.0. The van der Waals surface area contributed by atoms with Crippen molar-refractivity contribution in [2.24, 2.45) is 0 Å². The Labute approximate surface area is 110 Å². The van der Waals surface area contributed by atoms with E-state index in [1.54, 1.807) is 0 Å². The molecule has 1 aliphatic carbocycles. The van der Waals surface area contributed by atoms with Crippen molar-refractivity contribution in [3.05, 3.63) is 46.0 Å². The van der Waals surface area contributed by atoms with Crippen molar-refractivity contribution in [3.8, 4) is 0 Å². The third kappa shape index (κ3) is 3.43. The molecule has 1 aliphatic rings. The molecule has 0 saturated heterocycles. The fourth-order valence-corrected chi connectivity index (χ4v) is 2.65. The Hall–Kier alpha value is -1.09. The normalized spacial score (nSPS) is 15.8. The van der Waals surface area contributed by atoms with Crippen LogP contribution in [-0.4, -0.2) is 5.91 Å². The number of allylic oxidation sites excluding steroid dienone is 1. The largest absolute Gasteiger partial charge is 0.348 e. The summed E-state index contributed by atoms with van der Waals surface area (Å²) in [5.41, 5.74) is 2.06. The average molecular weight is 294 g/mol. The van der Waals surface area contributed by atoms with Crippen molar-refractivity contribution >= 4 is 21.8 Å². The SMILES string of the molecule is O=C(NCc1ccccc1)C1=C(Br)CCCC1. The number of hydrogen-bond donors (Lipinski definition) is 1. The highest BCUT2D eigenvalue weighted by molar-refractivity contribution is 9.11. The van der Waals surface area contributed by atoms with Crippen molar-refractivity contribution in [1.29, 1.82) is 0 Å². The first-order chi connectivity index (χ1) is 8.27. The van der Waals surface area contributed by atoms with Gasteiger partial charge in [-0.05, 0) is 31.2 Å². The lowest BCUT2D eigenvalue weighted by atomic mass is 9.99. The minimum atomic E-state index is 0.0698. The summed E-state index contributed by atoms with van der Waals surface area (Å²) in [5, 5.41) is 2.97. The van der Waals surface area contributed by atoms with Crippen molar-refractivity contribution < 1.29 is 4.79 Å². The van der Waals surface area contributed by atoms with Gasteiger partial charge in [0.2, 0.25) is 5.91 Å². The van der Waals surface area contributed by atoms with Gasteiger partial charge in [-0.1, -0.05) is 46.3 Å². The highest BCUT2D eigenvalue weighted by Gasteiger charge is 2.16. The van der Waals surface area contributed by atoms with Gasteiger partial charge in [0.1, 0.15) is 0 Å². The van der Waals surface area contributed by atoms with Crippen LogP contribution in [0.15, 0.2) is 40.4 Å². The Morgan fingerprint density at radius 3 is 2.59 bits per heavy atom. The predicted molar refractivity (Wildman–Crippen MR) is 72.7 cm³/mol. The Morgan fingerprint density at radius 2 is 1.88 bits per heavy atom. The number of carbonyl (C=O) groups is 1. The molecule has 0 bridgehead atoms. The van der Waals surface area contributed by atoms with Crippen LogP contribution >= 0.6 is 15.9 Å². The van der Waals surface area contributed by atoms with Crippen LogP contribution in [0.5, 0.6) is 0 Å². The molecule has 0 aliphatic heterocycles. The minimum absolute atomic E-state index is 0.0698. The Bertz CT molecular complexity index is 425. The minimum Gasteiger partial charge on any atom is -0.348 e. The van der Waals surface area contributed by atoms with E-state index >= 15 is 0 Å². The summed E-state index contributed by atoms with van der Waals surface area (Å²) < 4.78 is 1.08. The van der Waals surface area contributed by atoms with Gasteiger partial charge >= 0.3 is 0 Å². The van der Waals surface area contributed by atoms with Gasteiger partial charge in [-0.25, -0.2) is 0 Å². The highest BCUT2D eigenvalue weighted by Crippen LogP contribution is 2.28.